The molecule has 9 nitrogen and oxygen atoms in total. The molecule has 1 aromatic heterocycles. The molecule has 11 heteroatoms. The van der Waals surface area contributed by atoms with Crippen molar-refractivity contribution in [2.24, 2.45) is 0 Å². The first kappa shape index (κ1) is 20.9. The van der Waals surface area contributed by atoms with Crippen molar-refractivity contribution in [1.82, 2.24) is 15.2 Å². The van der Waals surface area contributed by atoms with Crippen molar-refractivity contribution in [1.29, 1.82) is 0 Å². The lowest BCUT2D eigenvalue weighted by molar-refractivity contribution is -0.147. The van der Waals surface area contributed by atoms with Crippen molar-refractivity contribution in [3.8, 4) is 0 Å². The van der Waals surface area contributed by atoms with Crippen molar-refractivity contribution < 1.29 is 27.3 Å². The molecule has 0 bridgehead atoms. The zero-order valence-electron chi connectivity index (χ0n) is 14.6. The van der Waals surface area contributed by atoms with Gasteiger partial charge in [0.05, 0.1) is 0 Å². The van der Waals surface area contributed by atoms with Gasteiger partial charge < -0.3 is 14.6 Å². The molecule has 0 saturated heterocycles. The van der Waals surface area contributed by atoms with Gasteiger partial charge in [-0.15, -0.1) is 0 Å². The van der Waals surface area contributed by atoms with Crippen LogP contribution in [0.5, 0.6) is 0 Å². The summed E-state index contributed by atoms with van der Waals surface area (Å²) in [6.45, 7) is 1.99. The maximum Gasteiger partial charge on any atom is 0.321 e. The van der Waals surface area contributed by atoms with Crippen LogP contribution in [0.4, 0.5) is 0 Å². The summed E-state index contributed by atoms with van der Waals surface area (Å²) in [6, 6.07) is 6.87. The van der Waals surface area contributed by atoms with Gasteiger partial charge in [-0.1, -0.05) is 28.9 Å². The molecule has 1 amide bonds. The van der Waals surface area contributed by atoms with Gasteiger partial charge in [0.25, 0.3) is 5.91 Å². The van der Waals surface area contributed by atoms with Crippen LogP contribution in [-0.4, -0.2) is 38.6 Å². The zero-order valence-corrected chi connectivity index (χ0v) is 16.2. The second-order valence-electron chi connectivity index (χ2n) is 5.54. The first-order chi connectivity index (χ1) is 12.7. The largest absolute Gasteiger partial charge is 0.455 e. The van der Waals surface area contributed by atoms with Crippen LogP contribution in [0.1, 0.15) is 17.0 Å². The van der Waals surface area contributed by atoms with Crippen LogP contribution >= 0.6 is 11.6 Å². The zero-order chi connectivity index (χ0) is 20.0. The minimum atomic E-state index is -3.98. The number of esters is 1. The Bertz CT molecular complexity index is 905. The van der Waals surface area contributed by atoms with E-state index in [1.807, 2.05) is 0 Å². The van der Waals surface area contributed by atoms with Gasteiger partial charge >= 0.3 is 5.97 Å². The van der Waals surface area contributed by atoms with E-state index in [1.54, 1.807) is 24.3 Å². The average molecular weight is 416 g/mol. The van der Waals surface area contributed by atoms with Crippen molar-refractivity contribution in [3.63, 3.8) is 0 Å². The molecular weight excluding hydrogens is 398 g/mol. The molecule has 1 aromatic carbocycles. The smallest absolute Gasteiger partial charge is 0.321 e. The van der Waals surface area contributed by atoms with E-state index in [0.29, 0.717) is 5.02 Å². The number of amides is 1. The number of halogens is 1. The van der Waals surface area contributed by atoms with E-state index in [4.69, 9.17) is 20.9 Å². The van der Waals surface area contributed by atoms with Gasteiger partial charge in [0, 0.05) is 11.6 Å². The van der Waals surface area contributed by atoms with Crippen molar-refractivity contribution in [2.45, 2.75) is 25.3 Å². The number of nitrogens with zero attached hydrogens (tertiary/aromatic N) is 1. The fourth-order valence-electron chi connectivity index (χ4n) is 2.14. The molecule has 2 N–H and O–H groups in total. The predicted molar refractivity (Wildman–Crippen MR) is 95.4 cm³/mol. The molecule has 2 rings (SSSR count). The number of nitrogens with one attached hydrogen (secondary N) is 2. The minimum absolute atomic E-state index is 0.106. The van der Waals surface area contributed by atoms with E-state index in [2.05, 4.69) is 15.2 Å². The molecule has 27 heavy (non-hydrogen) atoms. The molecule has 0 fully saturated rings. The number of carbonyl (C=O) groups is 2. The van der Waals surface area contributed by atoms with Crippen LogP contribution in [0.2, 0.25) is 5.02 Å². The van der Waals surface area contributed by atoms with Crippen molar-refractivity contribution >= 4 is 33.5 Å². The molecule has 1 heterocycles. The normalized spacial score (nSPS) is 11.2. The first-order valence-corrected chi connectivity index (χ1v) is 9.64. The van der Waals surface area contributed by atoms with Gasteiger partial charge in [-0.05, 0) is 31.5 Å². The molecule has 0 aliphatic rings. The van der Waals surface area contributed by atoms with Crippen LogP contribution < -0.4 is 10.0 Å². The number of sulfonamides is 1. The van der Waals surface area contributed by atoms with E-state index < -0.39 is 35.1 Å². The third-order valence-electron chi connectivity index (χ3n) is 3.41. The standard InChI is InChI=1S/C16H18ClN3O6S/c1-10-16(11(2)26-20-10)27(23,24)19-8-15(22)25-9-14(21)18-7-12-3-5-13(17)6-4-12/h3-6,19H,7-9H2,1-2H3,(H,18,21). The topological polar surface area (TPSA) is 128 Å². The number of ether oxygens (including phenoxy) is 1. The summed E-state index contributed by atoms with van der Waals surface area (Å²) in [7, 11) is -3.98. The highest BCUT2D eigenvalue weighted by atomic mass is 35.5. The number of aryl methyl sites for hydroxylation is 2. The van der Waals surface area contributed by atoms with E-state index in [1.165, 1.54) is 13.8 Å². The third-order valence-corrected chi connectivity index (χ3v) is 5.31. The lowest BCUT2D eigenvalue weighted by Crippen LogP contribution is -2.34. The fraction of sp³-hybridized carbons (Fsp3) is 0.312. The summed E-state index contributed by atoms with van der Waals surface area (Å²) >= 11 is 5.77. The lowest BCUT2D eigenvalue weighted by atomic mass is 10.2. The van der Waals surface area contributed by atoms with Crippen LogP contribution in [0.15, 0.2) is 33.7 Å². The molecule has 0 aliphatic carbocycles. The molecule has 0 unspecified atom stereocenters. The molecule has 0 aliphatic heterocycles. The van der Waals surface area contributed by atoms with Gasteiger partial charge in [0.1, 0.15) is 17.1 Å². The summed E-state index contributed by atoms with van der Waals surface area (Å²) < 4.78 is 35.9. The average Bonchev–Trinajstić information content (AvgIpc) is 2.97. The van der Waals surface area contributed by atoms with Crippen LogP contribution in [0.25, 0.3) is 0 Å². The Balaban J connectivity index is 1.75. The molecular formula is C16H18ClN3O6S. The Morgan fingerprint density at radius 3 is 2.48 bits per heavy atom. The van der Waals surface area contributed by atoms with Gasteiger partial charge in [-0.25, -0.2) is 8.42 Å². The molecule has 0 saturated carbocycles. The Morgan fingerprint density at radius 1 is 1.22 bits per heavy atom. The van der Waals surface area contributed by atoms with Gasteiger partial charge in [0.2, 0.25) is 10.0 Å². The second-order valence-corrected chi connectivity index (χ2v) is 7.68. The van der Waals surface area contributed by atoms with E-state index in [0.717, 1.165) is 5.56 Å². The number of benzene rings is 1. The Labute approximate surface area is 161 Å². The summed E-state index contributed by atoms with van der Waals surface area (Å²) in [5.74, 6) is -1.31. The van der Waals surface area contributed by atoms with Gasteiger partial charge in [-0.2, -0.15) is 4.72 Å². The second kappa shape index (κ2) is 8.98. The summed E-state index contributed by atoms with van der Waals surface area (Å²) in [5.41, 5.74) is 1.00. The molecule has 146 valence electrons. The van der Waals surface area contributed by atoms with E-state index >= 15 is 0 Å². The van der Waals surface area contributed by atoms with Gasteiger partial charge in [0.15, 0.2) is 12.4 Å². The Morgan fingerprint density at radius 2 is 1.89 bits per heavy atom. The number of hydrogen-bond acceptors (Lipinski definition) is 7. The molecule has 0 atom stereocenters. The Kier molecular flexibility index (Phi) is 6.94. The first-order valence-electron chi connectivity index (χ1n) is 7.78. The molecule has 0 spiro atoms. The highest BCUT2D eigenvalue weighted by Gasteiger charge is 2.25. The highest BCUT2D eigenvalue weighted by molar-refractivity contribution is 7.89. The number of carbonyl (C=O) groups excluding carboxylic acids is 2. The number of aromatic nitrogens is 1. The highest BCUT2D eigenvalue weighted by Crippen LogP contribution is 2.18. The SMILES string of the molecule is Cc1noc(C)c1S(=O)(=O)NCC(=O)OCC(=O)NCc1ccc(Cl)cc1. The minimum Gasteiger partial charge on any atom is -0.455 e. The van der Waals surface area contributed by atoms with Crippen molar-refractivity contribution in [2.75, 3.05) is 13.2 Å². The van der Waals surface area contributed by atoms with Crippen LogP contribution in [-0.2, 0) is 30.9 Å². The van der Waals surface area contributed by atoms with E-state index in [9.17, 15) is 18.0 Å². The van der Waals surface area contributed by atoms with Crippen LogP contribution in [0, 0.1) is 13.8 Å². The maximum atomic E-state index is 12.2. The fourth-order valence-corrected chi connectivity index (χ4v) is 3.56. The van der Waals surface area contributed by atoms with Gasteiger partial charge in [-0.3, -0.25) is 9.59 Å². The quantitative estimate of drug-likeness (QED) is 0.617. The van der Waals surface area contributed by atoms with Crippen molar-refractivity contribution in [3.05, 3.63) is 46.3 Å². The predicted octanol–water partition coefficient (Wildman–Crippen LogP) is 1.08. The summed E-state index contributed by atoms with van der Waals surface area (Å²) in [5, 5.41) is 6.70. The van der Waals surface area contributed by atoms with E-state index in [-0.39, 0.29) is 22.9 Å². The van der Waals surface area contributed by atoms with Crippen LogP contribution in [0.3, 0.4) is 0 Å². The summed E-state index contributed by atoms with van der Waals surface area (Å²) in [4.78, 5) is 23.2. The monoisotopic (exact) mass is 415 g/mol. The number of hydrogen-bond donors (Lipinski definition) is 2. The lowest BCUT2D eigenvalue weighted by Gasteiger charge is -2.08. The molecule has 0 radical (unpaired) electrons. The Hall–Kier alpha value is -2.43. The number of rotatable bonds is 8. The summed E-state index contributed by atoms with van der Waals surface area (Å²) in [6.07, 6.45) is 0. The maximum absolute atomic E-state index is 12.2. The molecule has 2 aromatic rings. The third kappa shape index (κ3) is 6.05.